The molecule has 0 bridgehead atoms. The molecule has 0 radical (unpaired) electrons. The molecule has 3 heterocycles. The molecule has 29 heavy (non-hydrogen) atoms. The number of aromatic hydroxyl groups is 1. The molecule has 1 unspecified atom stereocenters. The SMILES string of the molecule is O=C1C(=O)N(c2cc(Cl)ccc2O)C(c2ccncc2)/C1=C(\O)c1ccncc1. The predicted octanol–water partition coefficient (Wildman–Crippen LogP) is 3.46. The Balaban J connectivity index is 1.98. The van der Waals surface area contributed by atoms with Crippen molar-refractivity contribution in [1.82, 2.24) is 9.97 Å². The first-order valence-corrected chi connectivity index (χ1v) is 8.96. The lowest BCUT2D eigenvalue weighted by Gasteiger charge is -2.26. The summed E-state index contributed by atoms with van der Waals surface area (Å²) in [5, 5.41) is 21.5. The Bertz CT molecular complexity index is 1130. The molecule has 0 aliphatic carbocycles. The first-order chi connectivity index (χ1) is 14.0. The Kier molecular flexibility index (Phi) is 4.74. The van der Waals surface area contributed by atoms with Gasteiger partial charge in [0.25, 0.3) is 11.7 Å². The fourth-order valence-corrected chi connectivity index (χ4v) is 3.46. The van der Waals surface area contributed by atoms with E-state index in [9.17, 15) is 19.8 Å². The molecule has 3 aromatic rings. The Morgan fingerprint density at radius 3 is 2.24 bits per heavy atom. The third kappa shape index (κ3) is 3.21. The highest BCUT2D eigenvalue weighted by Gasteiger charge is 2.47. The van der Waals surface area contributed by atoms with Gasteiger partial charge < -0.3 is 10.2 Å². The van der Waals surface area contributed by atoms with Gasteiger partial charge in [-0.1, -0.05) is 11.6 Å². The van der Waals surface area contributed by atoms with Gasteiger partial charge in [0.15, 0.2) is 0 Å². The van der Waals surface area contributed by atoms with Crippen LogP contribution in [0.4, 0.5) is 5.69 Å². The number of phenolic OH excluding ortho intramolecular Hbond substituents is 1. The van der Waals surface area contributed by atoms with Crippen LogP contribution in [-0.4, -0.2) is 31.9 Å². The van der Waals surface area contributed by atoms with E-state index in [1.807, 2.05) is 0 Å². The normalized spacial score (nSPS) is 18.2. The number of hydrogen-bond acceptors (Lipinski definition) is 6. The van der Waals surface area contributed by atoms with Gasteiger partial charge in [-0.3, -0.25) is 24.5 Å². The van der Waals surface area contributed by atoms with Gasteiger partial charge in [0, 0.05) is 35.4 Å². The van der Waals surface area contributed by atoms with Crippen LogP contribution >= 0.6 is 11.6 Å². The van der Waals surface area contributed by atoms with Crippen molar-refractivity contribution in [2.45, 2.75) is 6.04 Å². The van der Waals surface area contributed by atoms with Crippen LogP contribution in [0.25, 0.3) is 5.76 Å². The summed E-state index contributed by atoms with van der Waals surface area (Å²) in [7, 11) is 0. The molecule has 1 atom stereocenters. The summed E-state index contributed by atoms with van der Waals surface area (Å²) in [6, 6.07) is 9.54. The molecule has 2 N–H and O–H groups in total. The van der Waals surface area contributed by atoms with Crippen molar-refractivity contribution in [2.75, 3.05) is 4.90 Å². The van der Waals surface area contributed by atoms with E-state index >= 15 is 0 Å². The second-order valence-corrected chi connectivity index (χ2v) is 6.76. The number of halogens is 1. The van der Waals surface area contributed by atoms with E-state index in [4.69, 9.17) is 11.6 Å². The third-order valence-electron chi connectivity index (χ3n) is 4.62. The van der Waals surface area contributed by atoms with E-state index in [-0.39, 0.29) is 27.8 Å². The molecule has 1 aliphatic rings. The number of pyridine rings is 2. The number of benzene rings is 1. The van der Waals surface area contributed by atoms with Gasteiger partial charge in [0.2, 0.25) is 0 Å². The molecule has 144 valence electrons. The fourth-order valence-electron chi connectivity index (χ4n) is 3.30. The summed E-state index contributed by atoms with van der Waals surface area (Å²) in [4.78, 5) is 34.9. The molecular formula is C21H14ClN3O4. The maximum absolute atomic E-state index is 12.9. The number of aliphatic hydroxyl groups excluding tert-OH is 1. The minimum atomic E-state index is -0.976. The molecule has 7 nitrogen and oxygen atoms in total. The maximum atomic E-state index is 12.9. The summed E-state index contributed by atoms with van der Waals surface area (Å²) in [6.07, 6.45) is 5.96. The average molecular weight is 408 g/mol. The summed E-state index contributed by atoms with van der Waals surface area (Å²) < 4.78 is 0. The number of carbonyl (C=O) groups excluding carboxylic acids is 2. The Morgan fingerprint density at radius 2 is 1.59 bits per heavy atom. The number of ketones is 1. The number of Topliss-reactive ketones (excluding diaryl/α,β-unsaturated/α-hetero) is 1. The minimum Gasteiger partial charge on any atom is -0.507 e. The number of hydrogen-bond donors (Lipinski definition) is 2. The van der Waals surface area contributed by atoms with E-state index in [1.165, 1.54) is 55.1 Å². The summed E-state index contributed by atoms with van der Waals surface area (Å²) in [6.45, 7) is 0. The molecule has 8 heteroatoms. The van der Waals surface area contributed by atoms with Crippen molar-refractivity contribution in [3.8, 4) is 5.75 Å². The molecule has 0 spiro atoms. The number of amides is 1. The number of nitrogens with zero attached hydrogens (tertiary/aromatic N) is 3. The van der Waals surface area contributed by atoms with Gasteiger partial charge in [0.1, 0.15) is 11.5 Å². The Hall–Kier alpha value is -3.71. The van der Waals surface area contributed by atoms with Gasteiger partial charge in [-0.2, -0.15) is 0 Å². The van der Waals surface area contributed by atoms with Crippen molar-refractivity contribution < 1.29 is 19.8 Å². The zero-order chi connectivity index (χ0) is 20.5. The average Bonchev–Trinajstić information content (AvgIpc) is 3.01. The van der Waals surface area contributed by atoms with Crippen molar-refractivity contribution in [2.24, 2.45) is 0 Å². The predicted molar refractivity (Wildman–Crippen MR) is 106 cm³/mol. The summed E-state index contributed by atoms with van der Waals surface area (Å²) >= 11 is 6.06. The molecule has 1 aliphatic heterocycles. The van der Waals surface area contributed by atoms with Crippen LogP contribution in [-0.2, 0) is 9.59 Å². The molecule has 1 aromatic carbocycles. The first-order valence-electron chi connectivity index (χ1n) is 8.59. The molecular weight excluding hydrogens is 394 g/mol. The lowest BCUT2D eigenvalue weighted by atomic mass is 9.96. The molecule has 1 fully saturated rings. The fraction of sp³-hybridized carbons (Fsp3) is 0.0476. The van der Waals surface area contributed by atoms with Crippen molar-refractivity contribution in [3.63, 3.8) is 0 Å². The standard InChI is InChI=1S/C21H14ClN3O4/c22-14-1-2-16(26)15(11-14)25-18(12-3-7-23-8-4-12)17(20(28)21(25)29)19(27)13-5-9-24-10-6-13/h1-11,18,26-27H/b19-17+. The molecule has 1 amide bonds. The van der Waals surface area contributed by atoms with E-state index in [1.54, 1.807) is 12.1 Å². The highest BCUT2D eigenvalue weighted by molar-refractivity contribution is 6.52. The van der Waals surface area contributed by atoms with Crippen LogP contribution in [0.2, 0.25) is 5.02 Å². The number of aliphatic hydroxyl groups is 1. The smallest absolute Gasteiger partial charge is 0.300 e. The van der Waals surface area contributed by atoms with Gasteiger partial charge in [-0.25, -0.2) is 0 Å². The second-order valence-electron chi connectivity index (χ2n) is 6.32. The zero-order valence-electron chi connectivity index (χ0n) is 14.9. The van der Waals surface area contributed by atoms with Crippen LogP contribution in [0.5, 0.6) is 5.75 Å². The van der Waals surface area contributed by atoms with Crippen LogP contribution in [0.3, 0.4) is 0 Å². The summed E-state index contributed by atoms with van der Waals surface area (Å²) in [5.41, 5.74) is 0.837. The van der Waals surface area contributed by atoms with E-state index in [2.05, 4.69) is 9.97 Å². The van der Waals surface area contributed by atoms with Crippen LogP contribution in [0, 0.1) is 0 Å². The van der Waals surface area contributed by atoms with E-state index in [0.29, 0.717) is 11.1 Å². The minimum absolute atomic E-state index is 0.0650. The second kappa shape index (κ2) is 7.37. The van der Waals surface area contributed by atoms with Crippen LogP contribution in [0.15, 0.2) is 72.8 Å². The van der Waals surface area contributed by atoms with Crippen molar-refractivity contribution in [1.29, 1.82) is 0 Å². The van der Waals surface area contributed by atoms with Crippen LogP contribution < -0.4 is 4.90 Å². The Morgan fingerprint density at radius 1 is 0.966 bits per heavy atom. The summed E-state index contributed by atoms with van der Waals surface area (Å²) in [5.74, 6) is -2.32. The maximum Gasteiger partial charge on any atom is 0.300 e. The highest BCUT2D eigenvalue weighted by atomic mass is 35.5. The lowest BCUT2D eigenvalue weighted by Crippen LogP contribution is -2.29. The molecule has 2 aromatic heterocycles. The van der Waals surface area contributed by atoms with Crippen molar-refractivity contribution in [3.05, 3.63) is 89.0 Å². The lowest BCUT2D eigenvalue weighted by molar-refractivity contribution is -0.132. The number of carbonyl (C=O) groups is 2. The topological polar surface area (TPSA) is 104 Å². The monoisotopic (exact) mass is 407 g/mol. The van der Waals surface area contributed by atoms with Gasteiger partial charge >= 0.3 is 0 Å². The number of phenols is 1. The quantitative estimate of drug-likeness (QED) is 0.391. The van der Waals surface area contributed by atoms with Gasteiger partial charge in [0.05, 0.1) is 17.3 Å². The van der Waals surface area contributed by atoms with E-state index < -0.39 is 17.7 Å². The number of rotatable bonds is 3. The van der Waals surface area contributed by atoms with Crippen LogP contribution in [0.1, 0.15) is 17.2 Å². The highest BCUT2D eigenvalue weighted by Crippen LogP contribution is 2.45. The van der Waals surface area contributed by atoms with Gasteiger partial charge in [-0.15, -0.1) is 0 Å². The molecule has 0 saturated carbocycles. The molecule has 1 saturated heterocycles. The number of aromatic nitrogens is 2. The largest absolute Gasteiger partial charge is 0.507 e. The first kappa shape index (κ1) is 18.6. The van der Waals surface area contributed by atoms with Gasteiger partial charge in [-0.05, 0) is 48.0 Å². The zero-order valence-corrected chi connectivity index (χ0v) is 15.6. The Labute approximate surface area is 170 Å². The van der Waals surface area contributed by atoms with E-state index in [0.717, 1.165) is 4.90 Å². The number of anilines is 1. The third-order valence-corrected chi connectivity index (χ3v) is 4.85. The van der Waals surface area contributed by atoms with Crippen molar-refractivity contribution >= 4 is 34.7 Å². The molecule has 4 rings (SSSR count).